The molecular formula is C26H44O5. The Labute approximate surface area is 189 Å². The molecule has 1 fully saturated rings. The Morgan fingerprint density at radius 1 is 1.00 bits per heavy atom. The number of rotatable bonds is 18. The van der Waals surface area contributed by atoms with Crippen molar-refractivity contribution in [3.05, 3.63) is 24.3 Å². The first kappa shape index (κ1) is 27.4. The van der Waals surface area contributed by atoms with Crippen LogP contribution in [0, 0.1) is 0 Å². The fraction of sp³-hybridized carbons (Fsp3) is 0.769. The molecule has 178 valence electrons. The Morgan fingerprint density at radius 2 is 1.58 bits per heavy atom. The van der Waals surface area contributed by atoms with E-state index in [2.05, 4.69) is 13.5 Å². The predicted molar refractivity (Wildman–Crippen MR) is 125 cm³/mol. The molecule has 1 aliphatic rings. The summed E-state index contributed by atoms with van der Waals surface area (Å²) in [5.41, 5.74) is 0.441. The van der Waals surface area contributed by atoms with Crippen molar-refractivity contribution in [3.63, 3.8) is 0 Å². The van der Waals surface area contributed by atoms with Gasteiger partial charge in [0.2, 0.25) is 0 Å². The van der Waals surface area contributed by atoms with Crippen molar-refractivity contribution in [2.75, 3.05) is 13.2 Å². The zero-order valence-electron chi connectivity index (χ0n) is 19.9. The topological polar surface area (TPSA) is 61.8 Å². The van der Waals surface area contributed by atoms with Gasteiger partial charge in [0.1, 0.15) is 6.10 Å². The summed E-state index contributed by atoms with van der Waals surface area (Å²) in [5, 5.41) is 0. The van der Waals surface area contributed by atoms with Crippen molar-refractivity contribution in [1.29, 1.82) is 0 Å². The molecule has 0 aliphatic carbocycles. The van der Waals surface area contributed by atoms with Crippen LogP contribution in [0.3, 0.4) is 0 Å². The van der Waals surface area contributed by atoms with E-state index in [9.17, 15) is 9.59 Å². The lowest BCUT2D eigenvalue weighted by molar-refractivity contribution is -0.146. The van der Waals surface area contributed by atoms with Crippen LogP contribution in [0.1, 0.15) is 104 Å². The van der Waals surface area contributed by atoms with Gasteiger partial charge in [0.25, 0.3) is 0 Å². The third-order valence-electron chi connectivity index (χ3n) is 5.72. The van der Waals surface area contributed by atoms with E-state index in [1.807, 2.05) is 0 Å². The number of hydrogen-bond donors (Lipinski definition) is 0. The molecule has 0 saturated carbocycles. The first-order chi connectivity index (χ1) is 15.1. The molecule has 1 aliphatic heterocycles. The largest absolute Gasteiger partial charge is 0.462 e. The van der Waals surface area contributed by atoms with Gasteiger partial charge >= 0.3 is 11.9 Å². The molecule has 2 unspecified atom stereocenters. The molecule has 0 N–H and O–H groups in total. The van der Waals surface area contributed by atoms with Crippen LogP contribution in [0.4, 0.5) is 0 Å². The molecule has 0 spiro atoms. The van der Waals surface area contributed by atoms with Gasteiger partial charge in [0, 0.05) is 18.3 Å². The van der Waals surface area contributed by atoms with Crippen molar-refractivity contribution in [3.8, 4) is 0 Å². The molecule has 31 heavy (non-hydrogen) atoms. The minimum Gasteiger partial charge on any atom is -0.462 e. The summed E-state index contributed by atoms with van der Waals surface area (Å²) in [4.78, 5) is 23.9. The number of ether oxygens (including phenoxy) is 3. The van der Waals surface area contributed by atoms with Crippen molar-refractivity contribution in [2.24, 2.45) is 0 Å². The van der Waals surface area contributed by atoms with Crippen LogP contribution in [0.25, 0.3) is 0 Å². The fourth-order valence-corrected chi connectivity index (χ4v) is 3.80. The Bertz CT molecular complexity index is 534. The predicted octanol–water partition coefficient (Wildman–Crippen LogP) is 6.45. The molecule has 0 bridgehead atoms. The highest BCUT2D eigenvalue weighted by atomic mass is 16.6. The molecule has 0 aromatic heterocycles. The van der Waals surface area contributed by atoms with Crippen LogP contribution in [0.15, 0.2) is 24.3 Å². The van der Waals surface area contributed by atoms with Crippen molar-refractivity contribution in [1.82, 2.24) is 0 Å². The maximum atomic E-state index is 12.3. The van der Waals surface area contributed by atoms with Gasteiger partial charge in [-0.25, -0.2) is 9.59 Å². The number of unbranched alkanes of at least 4 members (excludes halogenated alkanes) is 11. The number of carbonyl (C=O) groups is 2. The fourth-order valence-electron chi connectivity index (χ4n) is 3.80. The Balaban J connectivity index is 2.14. The standard InChI is InChI=1S/C26H44O5/c1-4-6-7-8-9-10-11-12-13-14-15-16-19-30-26(28)22(3)21-24(31-25(27)5-2)23-18-17-20-29-23/h5,21,23-24H,2,4,6-20H2,1,3H3. The zero-order valence-corrected chi connectivity index (χ0v) is 19.9. The summed E-state index contributed by atoms with van der Waals surface area (Å²) in [5.74, 6) is -0.880. The minimum absolute atomic E-state index is 0.219. The van der Waals surface area contributed by atoms with Gasteiger partial charge in [-0.2, -0.15) is 0 Å². The lowest BCUT2D eigenvalue weighted by Gasteiger charge is -2.20. The molecule has 1 rings (SSSR count). The van der Waals surface area contributed by atoms with Gasteiger partial charge in [0.15, 0.2) is 0 Å². The van der Waals surface area contributed by atoms with Crippen LogP contribution in [0.2, 0.25) is 0 Å². The molecule has 1 saturated heterocycles. The van der Waals surface area contributed by atoms with Crippen molar-refractivity contribution >= 4 is 11.9 Å². The average molecular weight is 437 g/mol. The Hall–Kier alpha value is -1.62. The third-order valence-corrected chi connectivity index (χ3v) is 5.72. The van der Waals surface area contributed by atoms with E-state index in [-0.39, 0.29) is 12.1 Å². The van der Waals surface area contributed by atoms with Gasteiger partial charge in [-0.1, -0.05) is 84.1 Å². The summed E-state index contributed by atoms with van der Waals surface area (Å²) >= 11 is 0. The third kappa shape index (κ3) is 13.4. The minimum atomic E-state index is -0.591. The Morgan fingerprint density at radius 3 is 2.10 bits per heavy atom. The zero-order chi connectivity index (χ0) is 22.7. The van der Waals surface area contributed by atoms with E-state index in [1.165, 1.54) is 64.2 Å². The van der Waals surface area contributed by atoms with E-state index >= 15 is 0 Å². The Kier molecular flexibility index (Phi) is 15.9. The molecule has 0 aromatic rings. The SMILES string of the molecule is C=CC(=O)OC(C=C(C)C(=O)OCCCCCCCCCCCCCC)C1CCCO1. The smallest absolute Gasteiger partial charge is 0.333 e. The summed E-state index contributed by atoms with van der Waals surface area (Å²) in [6.45, 7) is 8.44. The lowest BCUT2D eigenvalue weighted by atomic mass is 10.1. The molecule has 0 radical (unpaired) electrons. The van der Waals surface area contributed by atoms with E-state index < -0.39 is 12.1 Å². The highest BCUT2D eigenvalue weighted by Crippen LogP contribution is 2.20. The number of carbonyl (C=O) groups excluding carboxylic acids is 2. The van der Waals surface area contributed by atoms with E-state index in [4.69, 9.17) is 14.2 Å². The summed E-state index contributed by atoms with van der Waals surface area (Å²) in [7, 11) is 0. The lowest BCUT2D eigenvalue weighted by Crippen LogP contribution is -2.29. The van der Waals surface area contributed by atoms with E-state index in [1.54, 1.807) is 13.0 Å². The summed E-state index contributed by atoms with van der Waals surface area (Å²) in [6, 6.07) is 0. The quantitative estimate of drug-likeness (QED) is 0.140. The van der Waals surface area contributed by atoms with Crippen molar-refractivity contribution in [2.45, 2.75) is 116 Å². The van der Waals surface area contributed by atoms with Gasteiger partial charge in [-0.3, -0.25) is 0 Å². The van der Waals surface area contributed by atoms with Crippen molar-refractivity contribution < 1.29 is 23.8 Å². The molecular weight excluding hydrogens is 392 g/mol. The van der Waals surface area contributed by atoms with Crippen LogP contribution < -0.4 is 0 Å². The average Bonchev–Trinajstić information content (AvgIpc) is 3.31. The van der Waals surface area contributed by atoms with Crippen LogP contribution >= 0.6 is 0 Å². The second-order valence-electron chi connectivity index (χ2n) is 8.53. The maximum Gasteiger partial charge on any atom is 0.333 e. The second-order valence-corrected chi connectivity index (χ2v) is 8.53. The summed E-state index contributed by atoms with van der Waals surface area (Å²) < 4.78 is 16.4. The monoisotopic (exact) mass is 436 g/mol. The van der Waals surface area contributed by atoms with Crippen LogP contribution in [-0.4, -0.2) is 37.4 Å². The second kappa shape index (κ2) is 18.0. The van der Waals surface area contributed by atoms with Gasteiger partial charge < -0.3 is 14.2 Å². The van der Waals surface area contributed by atoms with Gasteiger partial charge in [-0.15, -0.1) is 0 Å². The number of esters is 2. The van der Waals surface area contributed by atoms with Crippen LogP contribution in [-0.2, 0) is 23.8 Å². The summed E-state index contributed by atoms with van der Waals surface area (Å²) in [6.07, 6.45) is 19.0. The maximum absolute atomic E-state index is 12.3. The number of hydrogen-bond acceptors (Lipinski definition) is 5. The molecule has 5 nitrogen and oxygen atoms in total. The van der Waals surface area contributed by atoms with Gasteiger partial charge in [-0.05, 0) is 32.3 Å². The molecule has 1 heterocycles. The molecule has 0 amide bonds. The highest BCUT2D eigenvalue weighted by molar-refractivity contribution is 5.88. The van der Waals surface area contributed by atoms with E-state index in [0.717, 1.165) is 31.8 Å². The highest BCUT2D eigenvalue weighted by Gasteiger charge is 2.28. The normalized spacial score (nSPS) is 17.4. The molecule has 5 heteroatoms. The first-order valence-corrected chi connectivity index (χ1v) is 12.4. The first-order valence-electron chi connectivity index (χ1n) is 12.4. The van der Waals surface area contributed by atoms with E-state index in [0.29, 0.717) is 18.8 Å². The molecule has 2 atom stereocenters. The molecule has 0 aromatic carbocycles. The van der Waals surface area contributed by atoms with Gasteiger partial charge in [0.05, 0.1) is 12.7 Å². The van der Waals surface area contributed by atoms with Crippen LogP contribution in [0.5, 0.6) is 0 Å².